The Balaban J connectivity index is 1.42. The van der Waals surface area contributed by atoms with Crippen molar-refractivity contribution in [2.24, 2.45) is 24.6 Å². The molecular weight excluding hydrogens is 392 g/mol. The van der Waals surface area contributed by atoms with Crippen molar-refractivity contribution in [2.45, 2.75) is 44.4 Å². The fraction of sp³-hybridized carbons (Fsp3) is 0.435. The van der Waals surface area contributed by atoms with E-state index in [1.165, 1.54) is 0 Å². The van der Waals surface area contributed by atoms with Gasteiger partial charge in [-0.1, -0.05) is 42.3 Å². The normalized spacial score (nSPS) is 21.2. The zero-order valence-corrected chi connectivity index (χ0v) is 17.6. The fourth-order valence-corrected chi connectivity index (χ4v) is 4.80. The summed E-state index contributed by atoms with van der Waals surface area (Å²) < 4.78 is 3.65. The molecule has 0 saturated heterocycles. The molecule has 2 heterocycles. The number of rotatable bonds is 6. The first-order valence-electron chi connectivity index (χ1n) is 10.9. The van der Waals surface area contributed by atoms with E-state index in [-0.39, 0.29) is 23.5 Å². The molecule has 31 heavy (non-hydrogen) atoms. The van der Waals surface area contributed by atoms with Crippen molar-refractivity contribution in [1.29, 1.82) is 0 Å². The van der Waals surface area contributed by atoms with Gasteiger partial charge in [0.2, 0.25) is 5.91 Å². The molecule has 2 fully saturated rings. The highest BCUT2D eigenvalue weighted by molar-refractivity contribution is 6.00. The number of nitrogens with two attached hydrogens (primary N) is 1. The molecule has 1 aromatic carbocycles. The van der Waals surface area contributed by atoms with Crippen molar-refractivity contribution < 1.29 is 9.59 Å². The SMILES string of the molecule is Cn1nnc(-n2nccc2-c2ccc(C(=O)C3CCCCC3C(N)=O)cc2)c1C1CC1. The summed E-state index contributed by atoms with van der Waals surface area (Å²) in [5.74, 6) is 0.211. The lowest BCUT2D eigenvalue weighted by Gasteiger charge is -2.28. The first kappa shape index (κ1) is 19.7. The maximum absolute atomic E-state index is 13.1. The number of primary amides is 1. The maximum atomic E-state index is 13.1. The lowest BCUT2D eigenvalue weighted by atomic mass is 9.75. The number of nitrogens with zero attached hydrogens (tertiary/aromatic N) is 5. The van der Waals surface area contributed by atoms with Crippen LogP contribution in [0.4, 0.5) is 0 Å². The Kier molecular flexibility index (Phi) is 4.92. The summed E-state index contributed by atoms with van der Waals surface area (Å²) in [6, 6.07) is 9.46. The minimum Gasteiger partial charge on any atom is -0.369 e. The predicted molar refractivity (Wildman–Crippen MR) is 115 cm³/mol. The van der Waals surface area contributed by atoms with Gasteiger partial charge in [0.15, 0.2) is 11.6 Å². The van der Waals surface area contributed by atoms with Gasteiger partial charge >= 0.3 is 0 Å². The van der Waals surface area contributed by atoms with E-state index in [2.05, 4.69) is 15.4 Å². The Labute approximate surface area is 180 Å². The molecule has 0 radical (unpaired) electrons. The molecular formula is C23H26N6O2. The molecule has 2 saturated carbocycles. The predicted octanol–water partition coefficient (Wildman–Crippen LogP) is 3.02. The molecule has 2 aromatic heterocycles. The molecule has 3 aromatic rings. The topological polar surface area (TPSA) is 109 Å². The van der Waals surface area contributed by atoms with E-state index in [0.717, 1.165) is 54.9 Å². The number of carbonyl (C=O) groups is 2. The zero-order chi connectivity index (χ0) is 21.5. The molecule has 2 aliphatic carbocycles. The van der Waals surface area contributed by atoms with Crippen LogP contribution in [-0.4, -0.2) is 36.5 Å². The zero-order valence-electron chi connectivity index (χ0n) is 17.6. The number of carbonyl (C=O) groups excluding carboxylic acids is 2. The first-order chi connectivity index (χ1) is 15.0. The summed E-state index contributed by atoms with van der Waals surface area (Å²) in [6.07, 6.45) is 7.37. The molecule has 0 aliphatic heterocycles. The monoisotopic (exact) mass is 418 g/mol. The van der Waals surface area contributed by atoms with Crippen molar-refractivity contribution in [3.63, 3.8) is 0 Å². The third-order valence-electron chi connectivity index (χ3n) is 6.59. The van der Waals surface area contributed by atoms with E-state index in [9.17, 15) is 9.59 Å². The highest BCUT2D eigenvalue weighted by Gasteiger charge is 2.35. The van der Waals surface area contributed by atoms with Gasteiger partial charge < -0.3 is 5.73 Å². The Morgan fingerprint density at radius 1 is 1.00 bits per heavy atom. The van der Waals surface area contributed by atoms with Gasteiger partial charge in [0.1, 0.15) is 0 Å². The second kappa shape index (κ2) is 7.76. The van der Waals surface area contributed by atoms with Gasteiger partial charge in [0.25, 0.3) is 0 Å². The van der Waals surface area contributed by atoms with Crippen LogP contribution in [0.15, 0.2) is 36.5 Å². The summed E-state index contributed by atoms with van der Waals surface area (Å²) in [7, 11) is 1.92. The molecule has 0 spiro atoms. The van der Waals surface area contributed by atoms with Crippen molar-refractivity contribution in [3.8, 4) is 17.1 Å². The van der Waals surface area contributed by atoms with Crippen LogP contribution >= 0.6 is 0 Å². The van der Waals surface area contributed by atoms with Gasteiger partial charge in [-0.05, 0) is 31.7 Å². The van der Waals surface area contributed by atoms with Crippen LogP contribution in [0.5, 0.6) is 0 Å². The molecule has 1 amide bonds. The van der Waals surface area contributed by atoms with Gasteiger partial charge in [0.05, 0.1) is 17.6 Å². The molecule has 2 N–H and O–H groups in total. The number of hydrogen-bond acceptors (Lipinski definition) is 5. The van der Waals surface area contributed by atoms with E-state index in [0.29, 0.717) is 17.9 Å². The van der Waals surface area contributed by atoms with Crippen LogP contribution in [0.25, 0.3) is 17.1 Å². The van der Waals surface area contributed by atoms with Crippen molar-refractivity contribution in [3.05, 3.63) is 47.8 Å². The number of benzene rings is 1. The van der Waals surface area contributed by atoms with Crippen molar-refractivity contribution in [2.75, 3.05) is 0 Å². The largest absolute Gasteiger partial charge is 0.369 e. The quantitative estimate of drug-likeness (QED) is 0.619. The number of amides is 1. The molecule has 2 atom stereocenters. The highest BCUT2D eigenvalue weighted by Crippen LogP contribution is 2.42. The van der Waals surface area contributed by atoms with Crippen LogP contribution < -0.4 is 5.73 Å². The van der Waals surface area contributed by atoms with Gasteiger partial charge in [-0.3, -0.25) is 9.59 Å². The fourth-order valence-electron chi connectivity index (χ4n) is 4.80. The number of ketones is 1. The van der Waals surface area contributed by atoms with Gasteiger partial charge in [0, 0.05) is 35.9 Å². The van der Waals surface area contributed by atoms with E-state index < -0.39 is 0 Å². The number of Topliss-reactive ketones (excluding diaryl/α,β-unsaturated/α-hetero) is 1. The number of hydrogen-bond donors (Lipinski definition) is 1. The molecule has 2 unspecified atom stereocenters. The average molecular weight is 419 g/mol. The molecule has 8 nitrogen and oxygen atoms in total. The van der Waals surface area contributed by atoms with Crippen LogP contribution in [0, 0.1) is 11.8 Å². The summed E-state index contributed by atoms with van der Waals surface area (Å²) in [5, 5.41) is 13.0. The molecule has 5 rings (SSSR count). The molecule has 160 valence electrons. The van der Waals surface area contributed by atoms with Crippen LogP contribution in [0.3, 0.4) is 0 Å². The first-order valence-corrected chi connectivity index (χ1v) is 10.9. The van der Waals surface area contributed by atoms with Crippen LogP contribution in [0.2, 0.25) is 0 Å². The molecule has 8 heteroatoms. The third-order valence-corrected chi connectivity index (χ3v) is 6.59. The number of aryl methyl sites for hydroxylation is 1. The lowest BCUT2D eigenvalue weighted by Crippen LogP contribution is -2.36. The van der Waals surface area contributed by atoms with Crippen LogP contribution in [0.1, 0.15) is 60.5 Å². The summed E-state index contributed by atoms with van der Waals surface area (Å²) in [4.78, 5) is 24.9. The highest BCUT2D eigenvalue weighted by atomic mass is 16.1. The summed E-state index contributed by atoms with van der Waals surface area (Å²) in [5.41, 5.74) is 9.12. The van der Waals surface area contributed by atoms with E-state index in [1.807, 2.05) is 46.7 Å². The number of aromatic nitrogens is 5. The standard InChI is InChI=1S/C23H26N6O2/c1-28-20(15-8-9-15)23(26-27-28)29-19(12-13-25-29)14-6-10-16(11-7-14)21(30)17-4-2-3-5-18(17)22(24)31/h6-7,10-13,15,17-18H,2-5,8-9H2,1H3,(H2,24,31). The van der Waals surface area contributed by atoms with Crippen LogP contribution in [-0.2, 0) is 11.8 Å². The average Bonchev–Trinajstić information content (AvgIpc) is 3.37. The van der Waals surface area contributed by atoms with Gasteiger partial charge in [-0.2, -0.15) is 5.10 Å². The second-order valence-electron chi connectivity index (χ2n) is 8.67. The molecule has 0 bridgehead atoms. The second-order valence-corrected chi connectivity index (χ2v) is 8.67. The third kappa shape index (κ3) is 3.56. The van der Waals surface area contributed by atoms with Gasteiger partial charge in [-0.15, -0.1) is 5.10 Å². The van der Waals surface area contributed by atoms with Crippen molar-refractivity contribution in [1.82, 2.24) is 24.8 Å². The van der Waals surface area contributed by atoms with Crippen molar-refractivity contribution >= 4 is 11.7 Å². The smallest absolute Gasteiger partial charge is 0.221 e. The lowest BCUT2D eigenvalue weighted by molar-refractivity contribution is -0.123. The van der Waals surface area contributed by atoms with E-state index in [1.54, 1.807) is 6.20 Å². The summed E-state index contributed by atoms with van der Waals surface area (Å²) in [6.45, 7) is 0. The Morgan fingerprint density at radius 3 is 2.39 bits per heavy atom. The summed E-state index contributed by atoms with van der Waals surface area (Å²) >= 11 is 0. The molecule has 2 aliphatic rings. The van der Waals surface area contributed by atoms with Gasteiger partial charge in [-0.25, -0.2) is 9.36 Å². The van der Waals surface area contributed by atoms with E-state index in [4.69, 9.17) is 5.73 Å². The Hall–Kier alpha value is -3.29. The minimum absolute atomic E-state index is 0.00787. The Bertz CT molecular complexity index is 1130. The van der Waals surface area contributed by atoms with E-state index >= 15 is 0 Å². The maximum Gasteiger partial charge on any atom is 0.221 e. The minimum atomic E-state index is -0.367. The Morgan fingerprint density at radius 2 is 1.71 bits per heavy atom.